The number of amides is 1. The minimum absolute atomic E-state index is 0.0189. The second-order valence-corrected chi connectivity index (χ2v) is 8.13. The minimum atomic E-state index is -0.0796. The zero-order chi connectivity index (χ0) is 22.1. The van der Waals surface area contributed by atoms with Crippen molar-refractivity contribution in [1.29, 1.82) is 0 Å². The van der Waals surface area contributed by atoms with E-state index < -0.39 is 0 Å². The number of carbonyl (C=O) groups is 1. The average molecular weight is 437 g/mol. The van der Waals surface area contributed by atoms with Crippen LogP contribution in [0.2, 0.25) is 0 Å². The number of likely N-dealkylation sites (N-methyl/N-ethyl adjacent to an activating group) is 1. The fourth-order valence-electron chi connectivity index (χ4n) is 3.49. The number of fused-ring (bicyclic) bond motifs is 1. The second-order valence-electron chi connectivity index (χ2n) is 7.36. The van der Waals surface area contributed by atoms with Gasteiger partial charge >= 0.3 is 0 Å². The van der Waals surface area contributed by atoms with Gasteiger partial charge in [0.25, 0.3) is 5.78 Å². The second kappa shape index (κ2) is 8.46. The van der Waals surface area contributed by atoms with Gasteiger partial charge in [-0.15, -0.1) is 5.10 Å². The summed E-state index contributed by atoms with van der Waals surface area (Å²) in [4.78, 5) is 27.8. The average Bonchev–Trinajstić information content (AvgIpc) is 3.45. The molecule has 1 aromatic carbocycles. The van der Waals surface area contributed by atoms with Crippen molar-refractivity contribution < 1.29 is 4.79 Å². The summed E-state index contributed by atoms with van der Waals surface area (Å²) in [6.45, 7) is 5.89. The summed E-state index contributed by atoms with van der Waals surface area (Å²) < 4.78 is 3.42. The van der Waals surface area contributed by atoms with Crippen molar-refractivity contribution in [3.63, 3.8) is 0 Å². The lowest BCUT2D eigenvalue weighted by atomic mass is 10.0. The normalized spacial score (nSPS) is 12.3. The van der Waals surface area contributed by atoms with Gasteiger partial charge in [-0.3, -0.25) is 4.79 Å². The number of hydrogen-bond donors (Lipinski definition) is 0. The number of thioether (sulfide) groups is 1. The predicted molar refractivity (Wildman–Crippen MR) is 118 cm³/mol. The molecule has 0 bridgehead atoms. The molecule has 9 nitrogen and oxygen atoms in total. The van der Waals surface area contributed by atoms with Crippen LogP contribution in [0.25, 0.3) is 11.5 Å². The summed E-state index contributed by atoms with van der Waals surface area (Å²) in [5, 5.41) is 9.27. The Bertz CT molecular complexity index is 1220. The number of hydrogen-bond acceptors (Lipinski definition) is 7. The Morgan fingerprint density at radius 1 is 1.19 bits per heavy atom. The highest BCUT2D eigenvalue weighted by Gasteiger charge is 2.21. The van der Waals surface area contributed by atoms with Gasteiger partial charge in [-0.25, -0.2) is 19.2 Å². The van der Waals surface area contributed by atoms with Crippen LogP contribution in [0.5, 0.6) is 0 Å². The van der Waals surface area contributed by atoms with Crippen molar-refractivity contribution >= 4 is 23.4 Å². The molecule has 0 aliphatic heterocycles. The molecule has 3 aromatic heterocycles. The Morgan fingerprint density at radius 3 is 2.58 bits per heavy atom. The molecule has 0 saturated carbocycles. The molecule has 4 aromatic rings. The summed E-state index contributed by atoms with van der Waals surface area (Å²) in [6, 6.07) is 7.88. The summed E-state index contributed by atoms with van der Waals surface area (Å²) in [7, 11) is 1.83. The van der Waals surface area contributed by atoms with E-state index in [1.807, 2.05) is 58.3 Å². The molecular formula is C21H24N8OS. The van der Waals surface area contributed by atoms with Crippen LogP contribution in [0.15, 0.2) is 42.1 Å². The largest absolute Gasteiger partial charge is 0.339 e. The monoisotopic (exact) mass is 436 g/mol. The van der Waals surface area contributed by atoms with Crippen molar-refractivity contribution in [2.24, 2.45) is 0 Å². The SMILES string of the molecule is CSc1nc2nc(C)c(CC(=O)N(C)[C@H](C)c3ccc(-n4cncn4)cc3)c(C)n2n1. The molecule has 0 N–H and O–H groups in total. The third kappa shape index (κ3) is 4.02. The first-order valence-electron chi connectivity index (χ1n) is 9.86. The van der Waals surface area contributed by atoms with Crippen LogP contribution < -0.4 is 0 Å². The van der Waals surface area contributed by atoms with E-state index in [0.29, 0.717) is 10.9 Å². The van der Waals surface area contributed by atoms with Crippen molar-refractivity contribution in [3.8, 4) is 5.69 Å². The predicted octanol–water partition coefficient (Wildman–Crippen LogP) is 2.81. The maximum atomic E-state index is 13.1. The van der Waals surface area contributed by atoms with E-state index >= 15 is 0 Å². The Labute approximate surface area is 184 Å². The first kappa shape index (κ1) is 21.0. The standard InChI is InChI=1S/C21H24N8OS/c1-13-18(15(3)29-20(24-13)25-21(26-29)31-5)10-19(30)27(4)14(2)16-6-8-17(9-7-16)28-12-22-11-23-28/h6-9,11-12,14H,10H2,1-5H3/t14-/m1/s1. The molecule has 0 saturated heterocycles. The lowest BCUT2D eigenvalue weighted by Crippen LogP contribution is -2.31. The summed E-state index contributed by atoms with van der Waals surface area (Å²) >= 11 is 1.47. The van der Waals surface area contributed by atoms with Gasteiger partial charge in [0.15, 0.2) is 0 Å². The van der Waals surface area contributed by atoms with Crippen LogP contribution in [-0.2, 0) is 11.2 Å². The highest BCUT2D eigenvalue weighted by molar-refractivity contribution is 7.98. The number of aromatic nitrogens is 7. The van der Waals surface area contributed by atoms with Crippen molar-refractivity contribution in [1.82, 2.24) is 39.2 Å². The van der Waals surface area contributed by atoms with Gasteiger partial charge in [-0.05, 0) is 44.7 Å². The van der Waals surface area contributed by atoms with Crippen LogP contribution in [0.4, 0.5) is 0 Å². The van der Waals surface area contributed by atoms with E-state index in [1.165, 1.54) is 18.1 Å². The topological polar surface area (TPSA) is 94.1 Å². The minimum Gasteiger partial charge on any atom is -0.339 e. The molecule has 160 valence electrons. The molecule has 4 rings (SSSR count). The maximum absolute atomic E-state index is 13.1. The Kier molecular flexibility index (Phi) is 5.73. The van der Waals surface area contributed by atoms with Crippen molar-refractivity contribution in [2.75, 3.05) is 13.3 Å². The van der Waals surface area contributed by atoms with E-state index in [0.717, 1.165) is 28.2 Å². The highest BCUT2D eigenvalue weighted by Crippen LogP contribution is 2.23. The first-order valence-corrected chi connectivity index (χ1v) is 11.1. The third-order valence-electron chi connectivity index (χ3n) is 5.57. The molecule has 1 amide bonds. The Hall–Kier alpha value is -3.27. The first-order chi connectivity index (χ1) is 14.9. The van der Waals surface area contributed by atoms with Gasteiger partial charge in [-0.1, -0.05) is 23.9 Å². The molecule has 1 atom stereocenters. The fraction of sp³-hybridized carbons (Fsp3) is 0.333. The quantitative estimate of drug-likeness (QED) is 0.429. The van der Waals surface area contributed by atoms with E-state index in [-0.39, 0.29) is 18.4 Å². The van der Waals surface area contributed by atoms with Gasteiger partial charge in [0.1, 0.15) is 12.7 Å². The summed E-state index contributed by atoms with van der Waals surface area (Å²) in [5.74, 6) is 0.579. The van der Waals surface area contributed by atoms with E-state index in [1.54, 1.807) is 20.4 Å². The van der Waals surface area contributed by atoms with Gasteiger partial charge in [0.05, 0.1) is 18.2 Å². The molecule has 0 fully saturated rings. The van der Waals surface area contributed by atoms with Crippen LogP contribution in [0, 0.1) is 13.8 Å². The number of nitrogens with zero attached hydrogens (tertiary/aromatic N) is 8. The Balaban J connectivity index is 1.53. The lowest BCUT2D eigenvalue weighted by Gasteiger charge is -2.26. The fourth-order valence-corrected chi connectivity index (χ4v) is 3.83. The summed E-state index contributed by atoms with van der Waals surface area (Å²) in [6.07, 6.45) is 5.34. The third-order valence-corrected chi connectivity index (χ3v) is 6.11. The van der Waals surface area contributed by atoms with E-state index in [9.17, 15) is 4.79 Å². The zero-order valence-electron chi connectivity index (χ0n) is 18.1. The molecule has 0 aliphatic rings. The van der Waals surface area contributed by atoms with Crippen LogP contribution >= 0.6 is 11.8 Å². The van der Waals surface area contributed by atoms with E-state index in [4.69, 9.17) is 0 Å². The highest BCUT2D eigenvalue weighted by atomic mass is 32.2. The smallest absolute Gasteiger partial charge is 0.253 e. The number of benzene rings is 1. The summed E-state index contributed by atoms with van der Waals surface area (Å²) in [5.41, 5.74) is 4.54. The van der Waals surface area contributed by atoms with Crippen LogP contribution in [-0.4, -0.2) is 58.5 Å². The maximum Gasteiger partial charge on any atom is 0.253 e. The molecule has 3 heterocycles. The molecule has 0 spiro atoms. The van der Waals surface area contributed by atoms with Crippen molar-refractivity contribution in [2.45, 2.75) is 38.4 Å². The molecular weight excluding hydrogens is 412 g/mol. The molecule has 0 unspecified atom stereocenters. The zero-order valence-corrected chi connectivity index (χ0v) is 19.0. The van der Waals surface area contributed by atoms with Crippen molar-refractivity contribution in [3.05, 3.63) is 59.4 Å². The number of aryl methyl sites for hydroxylation is 2. The van der Waals surface area contributed by atoms with Crippen LogP contribution in [0.1, 0.15) is 35.5 Å². The number of rotatable bonds is 6. The molecule has 10 heteroatoms. The number of carbonyl (C=O) groups excluding carboxylic acids is 1. The molecule has 0 radical (unpaired) electrons. The van der Waals surface area contributed by atoms with Gasteiger partial charge < -0.3 is 4.90 Å². The lowest BCUT2D eigenvalue weighted by molar-refractivity contribution is -0.131. The van der Waals surface area contributed by atoms with E-state index in [2.05, 4.69) is 25.1 Å². The van der Waals surface area contributed by atoms with Gasteiger partial charge in [-0.2, -0.15) is 10.1 Å². The van der Waals surface area contributed by atoms with Gasteiger partial charge in [0.2, 0.25) is 11.1 Å². The Morgan fingerprint density at radius 2 is 1.94 bits per heavy atom. The molecule has 0 aliphatic carbocycles. The van der Waals surface area contributed by atoms with Crippen LogP contribution in [0.3, 0.4) is 0 Å². The molecule has 31 heavy (non-hydrogen) atoms. The van der Waals surface area contributed by atoms with Gasteiger partial charge in [0, 0.05) is 24.0 Å².